The van der Waals surface area contributed by atoms with Crippen LogP contribution >= 0.6 is 11.3 Å². The normalized spacial score (nSPS) is 16.7. The van der Waals surface area contributed by atoms with Crippen molar-refractivity contribution in [3.63, 3.8) is 0 Å². The second-order valence-corrected chi connectivity index (χ2v) is 6.66. The predicted octanol–water partition coefficient (Wildman–Crippen LogP) is 2.12. The summed E-state index contributed by atoms with van der Waals surface area (Å²) in [5, 5.41) is 3.64. The SMILES string of the molecule is CN1CCc2nc(NC(=O)C(C)(C)C)sc2C1. The van der Waals surface area contributed by atoms with Crippen LogP contribution < -0.4 is 5.32 Å². The molecule has 4 nitrogen and oxygen atoms in total. The van der Waals surface area contributed by atoms with Gasteiger partial charge in [-0.2, -0.15) is 0 Å². The summed E-state index contributed by atoms with van der Waals surface area (Å²) in [4.78, 5) is 19.9. The van der Waals surface area contributed by atoms with Gasteiger partial charge in [0.05, 0.1) is 5.69 Å². The molecule has 94 valence electrons. The lowest BCUT2D eigenvalue weighted by Gasteiger charge is -2.20. The van der Waals surface area contributed by atoms with E-state index in [2.05, 4.69) is 22.2 Å². The molecule has 17 heavy (non-hydrogen) atoms. The van der Waals surface area contributed by atoms with Gasteiger partial charge >= 0.3 is 0 Å². The first kappa shape index (κ1) is 12.5. The van der Waals surface area contributed by atoms with Crippen LogP contribution in [0.3, 0.4) is 0 Å². The molecule has 0 atom stereocenters. The van der Waals surface area contributed by atoms with Gasteiger partial charge in [0.1, 0.15) is 0 Å². The molecule has 2 heterocycles. The number of nitrogens with one attached hydrogen (secondary N) is 1. The summed E-state index contributed by atoms with van der Waals surface area (Å²) in [5.74, 6) is 0.0250. The molecular weight excluding hydrogens is 234 g/mol. The second-order valence-electron chi connectivity index (χ2n) is 5.58. The maximum Gasteiger partial charge on any atom is 0.231 e. The number of amides is 1. The van der Waals surface area contributed by atoms with Crippen LogP contribution in [0.1, 0.15) is 31.3 Å². The molecule has 1 aliphatic rings. The van der Waals surface area contributed by atoms with Crippen LogP contribution in [0.4, 0.5) is 5.13 Å². The van der Waals surface area contributed by atoms with E-state index in [9.17, 15) is 4.79 Å². The third-order valence-electron chi connectivity index (χ3n) is 2.82. The molecule has 0 aliphatic carbocycles. The molecule has 0 bridgehead atoms. The molecule has 0 radical (unpaired) electrons. The monoisotopic (exact) mass is 253 g/mol. The Morgan fingerprint density at radius 1 is 1.47 bits per heavy atom. The standard InChI is InChI=1S/C12H19N3OS/c1-12(2,3)10(16)14-11-13-8-5-6-15(4)7-9(8)17-11/h5-7H2,1-4H3,(H,13,14,16). The van der Waals surface area contributed by atoms with Gasteiger partial charge in [0.25, 0.3) is 0 Å². The van der Waals surface area contributed by atoms with Crippen LogP contribution in [0.15, 0.2) is 0 Å². The summed E-state index contributed by atoms with van der Waals surface area (Å²) in [6.07, 6.45) is 0.980. The maximum atomic E-state index is 11.9. The van der Waals surface area contributed by atoms with E-state index < -0.39 is 0 Å². The third kappa shape index (κ3) is 2.84. The highest BCUT2D eigenvalue weighted by molar-refractivity contribution is 7.15. The van der Waals surface area contributed by atoms with Crippen LogP contribution in [0.5, 0.6) is 0 Å². The molecule has 1 amide bonds. The Morgan fingerprint density at radius 3 is 2.82 bits per heavy atom. The third-order valence-corrected chi connectivity index (χ3v) is 3.82. The van der Waals surface area contributed by atoms with Crippen molar-refractivity contribution in [3.8, 4) is 0 Å². The highest BCUT2D eigenvalue weighted by Gasteiger charge is 2.24. The Labute approximate surface area is 106 Å². The van der Waals surface area contributed by atoms with Gasteiger partial charge in [0.15, 0.2) is 5.13 Å². The van der Waals surface area contributed by atoms with Crippen LogP contribution in [0.25, 0.3) is 0 Å². The number of aromatic nitrogens is 1. The Hall–Kier alpha value is -0.940. The zero-order valence-corrected chi connectivity index (χ0v) is 11.6. The lowest BCUT2D eigenvalue weighted by molar-refractivity contribution is -0.123. The average Bonchev–Trinajstić information content (AvgIpc) is 2.57. The van der Waals surface area contributed by atoms with E-state index >= 15 is 0 Å². The van der Waals surface area contributed by atoms with E-state index in [1.807, 2.05) is 20.8 Å². The fraction of sp³-hybridized carbons (Fsp3) is 0.667. The minimum Gasteiger partial charge on any atom is -0.302 e. The Kier molecular flexibility index (Phi) is 3.23. The van der Waals surface area contributed by atoms with E-state index in [0.29, 0.717) is 0 Å². The minimum absolute atomic E-state index is 0.0250. The Morgan fingerprint density at radius 2 is 2.18 bits per heavy atom. The molecule has 1 aliphatic heterocycles. The number of hydrogen-bond acceptors (Lipinski definition) is 4. The summed E-state index contributed by atoms with van der Waals surface area (Å²) in [7, 11) is 2.11. The number of hydrogen-bond donors (Lipinski definition) is 1. The predicted molar refractivity (Wildman–Crippen MR) is 70.2 cm³/mol. The summed E-state index contributed by atoms with van der Waals surface area (Å²) in [6, 6.07) is 0. The highest BCUT2D eigenvalue weighted by Crippen LogP contribution is 2.28. The summed E-state index contributed by atoms with van der Waals surface area (Å²) in [6.45, 7) is 7.71. The van der Waals surface area contributed by atoms with Gasteiger partial charge < -0.3 is 10.2 Å². The van der Waals surface area contributed by atoms with Crippen LogP contribution in [0.2, 0.25) is 0 Å². The van der Waals surface area contributed by atoms with Crippen molar-refractivity contribution < 1.29 is 4.79 Å². The highest BCUT2D eigenvalue weighted by atomic mass is 32.1. The van der Waals surface area contributed by atoms with E-state index in [0.717, 1.165) is 30.3 Å². The van der Waals surface area contributed by atoms with Gasteiger partial charge in [-0.05, 0) is 7.05 Å². The number of carbonyl (C=O) groups is 1. The molecule has 1 N–H and O–H groups in total. The first-order valence-electron chi connectivity index (χ1n) is 5.85. The molecule has 0 unspecified atom stereocenters. The van der Waals surface area contributed by atoms with Crippen molar-refractivity contribution in [1.29, 1.82) is 0 Å². The van der Waals surface area contributed by atoms with E-state index in [-0.39, 0.29) is 11.3 Å². The first-order valence-corrected chi connectivity index (χ1v) is 6.66. The van der Waals surface area contributed by atoms with Crippen molar-refractivity contribution in [2.24, 2.45) is 5.41 Å². The summed E-state index contributed by atoms with van der Waals surface area (Å²) >= 11 is 1.60. The topological polar surface area (TPSA) is 45.2 Å². The summed E-state index contributed by atoms with van der Waals surface area (Å²) in [5.41, 5.74) is 0.778. The molecule has 5 heteroatoms. The minimum atomic E-state index is -0.372. The number of anilines is 1. The van der Waals surface area contributed by atoms with E-state index in [1.54, 1.807) is 11.3 Å². The number of nitrogens with zero attached hydrogens (tertiary/aromatic N) is 2. The molecule has 0 saturated carbocycles. The smallest absolute Gasteiger partial charge is 0.231 e. The average molecular weight is 253 g/mol. The van der Waals surface area contributed by atoms with Crippen LogP contribution in [-0.2, 0) is 17.8 Å². The molecule has 0 fully saturated rings. The van der Waals surface area contributed by atoms with Gasteiger partial charge in [0, 0.05) is 29.8 Å². The molecule has 0 saturated heterocycles. The lowest BCUT2D eigenvalue weighted by Crippen LogP contribution is -2.27. The summed E-state index contributed by atoms with van der Waals surface area (Å²) < 4.78 is 0. The molecule has 1 aromatic rings. The van der Waals surface area contributed by atoms with Gasteiger partial charge in [0.2, 0.25) is 5.91 Å². The number of rotatable bonds is 1. The first-order chi connectivity index (χ1) is 7.86. The zero-order chi connectivity index (χ0) is 12.6. The fourth-order valence-electron chi connectivity index (χ4n) is 1.66. The lowest BCUT2D eigenvalue weighted by atomic mass is 9.96. The van der Waals surface area contributed by atoms with Crippen molar-refractivity contribution >= 4 is 22.4 Å². The maximum absolute atomic E-state index is 11.9. The van der Waals surface area contributed by atoms with E-state index in [4.69, 9.17) is 0 Å². The van der Waals surface area contributed by atoms with Gasteiger partial charge in [-0.3, -0.25) is 4.79 Å². The van der Waals surface area contributed by atoms with Gasteiger partial charge in [-0.15, -0.1) is 11.3 Å². The largest absolute Gasteiger partial charge is 0.302 e. The van der Waals surface area contributed by atoms with Crippen molar-refractivity contribution in [2.45, 2.75) is 33.7 Å². The number of carbonyl (C=O) groups excluding carboxylic acids is 1. The van der Waals surface area contributed by atoms with Crippen LogP contribution in [-0.4, -0.2) is 29.4 Å². The molecular formula is C12H19N3OS. The van der Waals surface area contributed by atoms with Crippen molar-refractivity contribution in [2.75, 3.05) is 18.9 Å². The number of likely N-dealkylation sites (N-methyl/N-ethyl adjacent to an activating group) is 1. The van der Waals surface area contributed by atoms with Gasteiger partial charge in [-0.1, -0.05) is 20.8 Å². The molecule has 0 aromatic carbocycles. The van der Waals surface area contributed by atoms with Crippen molar-refractivity contribution in [1.82, 2.24) is 9.88 Å². The number of fused-ring (bicyclic) bond motifs is 1. The molecule has 0 spiro atoms. The van der Waals surface area contributed by atoms with Crippen molar-refractivity contribution in [3.05, 3.63) is 10.6 Å². The molecule has 1 aromatic heterocycles. The van der Waals surface area contributed by atoms with E-state index in [1.165, 1.54) is 4.88 Å². The zero-order valence-electron chi connectivity index (χ0n) is 10.8. The van der Waals surface area contributed by atoms with Crippen LogP contribution in [0, 0.1) is 5.41 Å². The second kappa shape index (κ2) is 4.38. The number of thiazole rings is 1. The quantitative estimate of drug-likeness (QED) is 0.834. The Balaban J connectivity index is 2.11. The fourth-order valence-corrected chi connectivity index (χ4v) is 2.74. The van der Waals surface area contributed by atoms with Gasteiger partial charge in [-0.25, -0.2) is 4.98 Å². The Bertz CT molecular complexity index is 433. The molecule has 2 rings (SSSR count).